The van der Waals surface area contributed by atoms with Crippen LogP contribution in [0.2, 0.25) is 0 Å². The van der Waals surface area contributed by atoms with Crippen LogP contribution < -0.4 is 0 Å². The Labute approximate surface area is 167 Å². The number of rotatable bonds is 2. The van der Waals surface area contributed by atoms with E-state index in [0.717, 1.165) is 33.0 Å². The Hall–Kier alpha value is -4.05. The first-order valence-electron chi connectivity index (χ1n) is 9.55. The molecule has 0 atom stereocenters. The lowest BCUT2D eigenvalue weighted by molar-refractivity contribution is 0.767. The molecule has 0 amide bonds. The molecule has 0 saturated carbocycles. The van der Waals surface area contributed by atoms with Gasteiger partial charge in [-0.1, -0.05) is 42.5 Å². The fourth-order valence-corrected chi connectivity index (χ4v) is 3.77. The van der Waals surface area contributed by atoms with E-state index in [9.17, 15) is 0 Å². The number of hydrogen-bond donors (Lipinski definition) is 0. The van der Waals surface area contributed by atoms with Gasteiger partial charge in [0.05, 0.1) is 11.2 Å². The molecule has 0 aliphatic heterocycles. The monoisotopic (exact) mass is 372 g/mol. The minimum Gasteiger partial charge on any atom is -0.256 e. The molecular formula is C25H16N4. The molecule has 136 valence electrons. The van der Waals surface area contributed by atoms with Crippen LogP contribution in [-0.2, 0) is 0 Å². The summed E-state index contributed by atoms with van der Waals surface area (Å²) in [5, 5.41) is 12.7. The molecule has 2 aromatic heterocycles. The lowest BCUT2D eigenvalue weighted by atomic mass is 9.99. The van der Waals surface area contributed by atoms with Gasteiger partial charge in [-0.05, 0) is 70.4 Å². The molecule has 0 aliphatic carbocycles. The van der Waals surface area contributed by atoms with Crippen molar-refractivity contribution in [2.24, 2.45) is 0 Å². The van der Waals surface area contributed by atoms with Crippen molar-refractivity contribution < 1.29 is 0 Å². The number of aromatic nitrogens is 4. The SMILES string of the molecule is c1cnc2ccc(-c3ccc4cc(-n5nc6ccccc6n5)ccc4c3)cc2c1. The largest absolute Gasteiger partial charge is 0.256 e. The average Bonchev–Trinajstić information content (AvgIpc) is 3.22. The van der Waals surface area contributed by atoms with Crippen LogP contribution in [0.25, 0.3) is 49.5 Å². The molecule has 6 aromatic rings. The van der Waals surface area contributed by atoms with Gasteiger partial charge in [0.15, 0.2) is 0 Å². The summed E-state index contributed by atoms with van der Waals surface area (Å²) in [6.45, 7) is 0. The summed E-state index contributed by atoms with van der Waals surface area (Å²) >= 11 is 0. The van der Waals surface area contributed by atoms with Gasteiger partial charge in [-0.3, -0.25) is 4.98 Å². The van der Waals surface area contributed by atoms with Crippen molar-refractivity contribution in [3.8, 4) is 16.8 Å². The van der Waals surface area contributed by atoms with E-state index in [1.54, 1.807) is 4.80 Å². The van der Waals surface area contributed by atoms with Gasteiger partial charge in [0, 0.05) is 11.6 Å². The van der Waals surface area contributed by atoms with Crippen molar-refractivity contribution in [1.29, 1.82) is 0 Å². The highest BCUT2D eigenvalue weighted by molar-refractivity contribution is 5.91. The number of benzene rings is 4. The average molecular weight is 372 g/mol. The van der Waals surface area contributed by atoms with Crippen LogP contribution in [-0.4, -0.2) is 20.0 Å². The molecule has 0 fully saturated rings. The third-order valence-electron chi connectivity index (χ3n) is 5.28. The quantitative estimate of drug-likeness (QED) is 0.386. The normalized spacial score (nSPS) is 11.4. The van der Waals surface area contributed by atoms with E-state index >= 15 is 0 Å². The van der Waals surface area contributed by atoms with Gasteiger partial charge in [-0.2, -0.15) is 4.80 Å². The van der Waals surface area contributed by atoms with Gasteiger partial charge in [0.1, 0.15) is 11.0 Å². The first-order chi connectivity index (χ1) is 14.3. The van der Waals surface area contributed by atoms with E-state index < -0.39 is 0 Å². The predicted octanol–water partition coefficient (Wildman–Crippen LogP) is 5.79. The molecule has 4 nitrogen and oxygen atoms in total. The minimum absolute atomic E-state index is 0.897. The Balaban J connectivity index is 1.42. The topological polar surface area (TPSA) is 43.6 Å². The van der Waals surface area contributed by atoms with Crippen LogP contribution in [0.3, 0.4) is 0 Å². The molecule has 0 spiro atoms. The van der Waals surface area contributed by atoms with Crippen molar-refractivity contribution in [3.05, 3.63) is 97.2 Å². The number of pyridine rings is 1. The summed E-state index contributed by atoms with van der Waals surface area (Å²) in [5.41, 5.74) is 6.15. The van der Waals surface area contributed by atoms with Crippen LogP contribution in [0.5, 0.6) is 0 Å². The van der Waals surface area contributed by atoms with Gasteiger partial charge in [0.25, 0.3) is 0 Å². The highest BCUT2D eigenvalue weighted by atomic mass is 15.5. The summed E-state index contributed by atoms with van der Waals surface area (Å²) in [7, 11) is 0. The Bertz CT molecular complexity index is 1480. The molecule has 0 N–H and O–H groups in total. The van der Waals surface area contributed by atoms with Crippen LogP contribution in [0, 0.1) is 0 Å². The predicted molar refractivity (Wildman–Crippen MR) is 117 cm³/mol. The van der Waals surface area contributed by atoms with Crippen LogP contribution in [0.15, 0.2) is 97.2 Å². The Morgan fingerprint density at radius 3 is 2.03 bits per heavy atom. The zero-order chi connectivity index (χ0) is 19.2. The molecule has 4 heteroatoms. The molecule has 0 saturated heterocycles. The Morgan fingerprint density at radius 1 is 0.517 bits per heavy atom. The number of hydrogen-bond acceptors (Lipinski definition) is 3. The molecule has 0 aliphatic rings. The van der Waals surface area contributed by atoms with Gasteiger partial charge in [0.2, 0.25) is 0 Å². The van der Waals surface area contributed by atoms with Crippen molar-refractivity contribution >= 4 is 32.7 Å². The minimum atomic E-state index is 0.897. The zero-order valence-corrected chi connectivity index (χ0v) is 15.5. The molecule has 0 bridgehead atoms. The van der Waals surface area contributed by atoms with E-state index in [0.29, 0.717) is 0 Å². The smallest absolute Gasteiger partial charge is 0.113 e. The molecule has 6 rings (SSSR count). The maximum Gasteiger partial charge on any atom is 0.113 e. The van der Waals surface area contributed by atoms with Crippen molar-refractivity contribution in [1.82, 2.24) is 20.0 Å². The number of nitrogens with zero attached hydrogens (tertiary/aromatic N) is 4. The summed E-state index contributed by atoms with van der Waals surface area (Å²) in [6, 6.07) is 31.2. The van der Waals surface area contributed by atoms with Crippen LogP contribution in [0.1, 0.15) is 0 Å². The second-order valence-electron chi connectivity index (χ2n) is 7.14. The Kier molecular flexibility index (Phi) is 3.43. The van der Waals surface area contributed by atoms with Crippen LogP contribution in [0.4, 0.5) is 0 Å². The summed E-state index contributed by atoms with van der Waals surface area (Å²) in [5.74, 6) is 0. The van der Waals surface area contributed by atoms with E-state index in [4.69, 9.17) is 0 Å². The van der Waals surface area contributed by atoms with Gasteiger partial charge >= 0.3 is 0 Å². The van der Waals surface area contributed by atoms with Crippen molar-refractivity contribution in [3.63, 3.8) is 0 Å². The fourth-order valence-electron chi connectivity index (χ4n) is 3.77. The van der Waals surface area contributed by atoms with Crippen LogP contribution >= 0.6 is 0 Å². The van der Waals surface area contributed by atoms with E-state index in [-0.39, 0.29) is 0 Å². The standard InChI is InChI=1S/C25H16N4/c1-2-6-25-24(5-1)27-29(28-25)22-11-9-18-14-17(7-8-20(18)16-22)19-10-12-23-21(15-19)4-3-13-26-23/h1-16H. The molecular weight excluding hydrogens is 356 g/mol. The fraction of sp³-hybridized carbons (Fsp3) is 0. The second-order valence-corrected chi connectivity index (χ2v) is 7.14. The van der Waals surface area contributed by atoms with Gasteiger partial charge < -0.3 is 0 Å². The summed E-state index contributed by atoms with van der Waals surface area (Å²) in [6.07, 6.45) is 1.83. The summed E-state index contributed by atoms with van der Waals surface area (Å²) in [4.78, 5) is 6.11. The first kappa shape index (κ1) is 16.0. The molecule has 4 aromatic carbocycles. The van der Waals surface area contributed by atoms with E-state index in [2.05, 4.69) is 75.8 Å². The van der Waals surface area contributed by atoms with Crippen molar-refractivity contribution in [2.75, 3.05) is 0 Å². The van der Waals surface area contributed by atoms with E-state index in [1.165, 1.54) is 16.5 Å². The maximum absolute atomic E-state index is 4.58. The van der Waals surface area contributed by atoms with E-state index in [1.807, 2.05) is 36.5 Å². The number of fused-ring (bicyclic) bond motifs is 3. The highest BCUT2D eigenvalue weighted by Crippen LogP contribution is 2.28. The zero-order valence-electron chi connectivity index (χ0n) is 15.5. The molecule has 2 heterocycles. The third kappa shape index (κ3) is 2.74. The third-order valence-corrected chi connectivity index (χ3v) is 5.28. The summed E-state index contributed by atoms with van der Waals surface area (Å²) < 4.78 is 0. The molecule has 0 unspecified atom stereocenters. The van der Waals surface area contributed by atoms with Crippen molar-refractivity contribution in [2.45, 2.75) is 0 Å². The second kappa shape index (κ2) is 6.24. The maximum atomic E-state index is 4.58. The molecule has 0 radical (unpaired) electrons. The first-order valence-corrected chi connectivity index (χ1v) is 9.55. The lowest BCUT2D eigenvalue weighted by Crippen LogP contribution is -1.98. The Morgan fingerprint density at radius 2 is 1.21 bits per heavy atom. The van der Waals surface area contributed by atoms with Gasteiger partial charge in [-0.15, -0.1) is 10.2 Å². The lowest BCUT2D eigenvalue weighted by Gasteiger charge is -2.07. The highest BCUT2D eigenvalue weighted by Gasteiger charge is 2.06. The molecule has 29 heavy (non-hydrogen) atoms. The van der Waals surface area contributed by atoms with Gasteiger partial charge in [-0.25, -0.2) is 0 Å².